The Morgan fingerprint density at radius 2 is 1.69 bits per heavy atom. The summed E-state index contributed by atoms with van der Waals surface area (Å²) in [5.74, 6) is -0.0592. The van der Waals surface area contributed by atoms with Gasteiger partial charge in [0.1, 0.15) is 0 Å². The first-order valence-electron chi connectivity index (χ1n) is 8.69. The van der Waals surface area contributed by atoms with Crippen LogP contribution in [-0.2, 0) is 6.54 Å². The van der Waals surface area contributed by atoms with Crippen LogP contribution >= 0.6 is 11.6 Å². The molecule has 0 radical (unpaired) electrons. The standard InChI is InChI=1S/C21H22ClN3O/c1-15-20(22)16(2)25(24-15)14-6-13-23-21(26)19-11-9-18(10-12-19)17-7-4-3-5-8-17/h3-5,7-12H,6,13-14H2,1-2H3,(H,23,26). The van der Waals surface area contributed by atoms with E-state index < -0.39 is 0 Å². The molecule has 1 N–H and O–H groups in total. The van der Waals surface area contributed by atoms with Gasteiger partial charge in [0.15, 0.2) is 0 Å². The van der Waals surface area contributed by atoms with E-state index in [-0.39, 0.29) is 5.91 Å². The number of aryl methyl sites for hydroxylation is 2. The molecule has 0 saturated heterocycles. The molecule has 0 atom stereocenters. The van der Waals surface area contributed by atoms with Gasteiger partial charge >= 0.3 is 0 Å². The molecular formula is C21H22ClN3O. The van der Waals surface area contributed by atoms with Crippen LogP contribution in [0.1, 0.15) is 28.2 Å². The first-order valence-corrected chi connectivity index (χ1v) is 9.07. The van der Waals surface area contributed by atoms with Gasteiger partial charge in [0, 0.05) is 18.7 Å². The van der Waals surface area contributed by atoms with E-state index in [0.717, 1.165) is 35.5 Å². The third-order valence-electron chi connectivity index (χ3n) is 4.38. The second-order valence-electron chi connectivity index (χ2n) is 6.26. The quantitative estimate of drug-likeness (QED) is 0.645. The molecule has 26 heavy (non-hydrogen) atoms. The van der Waals surface area contributed by atoms with E-state index in [1.807, 2.05) is 61.0 Å². The molecule has 1 heterocycles. The van der Waals surface area contributed by atoms with Gasteiger partial charge in [0.25, 0.3) is 5.91 Å². The minimum atomic E-state index is -0.0592. The molecule has 0 saturated carbocycles. The first kappa shape index (κ1) is 18.2. The molecule has 3 aromatic rings. The van der Waals surface area contributed by atoms with Crippen LogP contribution in [0.15, 0.2) is 54.6 Å². The number of carbonyl (C=O) groups is 1. The van der Waals surface area contributed by atoms with E-state index in [1.165, 1.54) is 0 Å². The molecule has 2 aromatic carbocycles. The van der Waals surface area contributed by atoms with Crippen LogP contribution in [0.3, 0.4) is 0 Å². The molecule has 3 rings (SSSR count). The third kappa shape index (κ3) is 4.14. The highest BCUT2D eigenvalue weighted by Crippen LogP contribution is 2.20. The predicted octanol–water partition coefficient (Wildman–Crippen LogP) is 4.64. The Labute approximate surface area is 158 Å². The lowest BCUT2D eigenvalue weighted by Crippen LogP contribution is -2.25. The maximum absolute atomic E-state index is 12.3. The summed E-state index contributed by atoms with van der Waals surface area (Å²) >= 11 is 6.15. The van der Waals surface area contributed by atoms with Crippen molar-refractivity contribution in [2.45, 2.75) is 26.8 Å². The van der Waals surface area contributed by atoms with Crippen molar-refractivity contribution in [3.05, 3.63) is 76.6 Å². The second-order valence-corrected chi connectivity index (χ2v) is 6.64. The van der Waals surface area contributed by atoms with Crippen LogP contribution in [0.2, 0.25) is 5.02 Å². The van der Waals surface area contributed by atoms with Crippen LogP contribution in [0, 0.1) is 13.8 Å². The van der Waals surface area contributed by atoms with Crippen LogP contribution < -0.4 is 5.32 Å². The highest BCUT2D eigenvalue weighted by molar-refractivity contribution is 6.31. The van der Waals surface area contributed by atoms with Gasteiger partial charge in [-0.25, -0.2) is 0 Å². The van der Waals surface area contributed by atoms with Crippen molar-refractivity contribution in [2.24, 2.45) is 0 Å². The van der Waals surface area contributed by atoms with Gasteiger partial charge in [-0.2, -0.15) is 5.10 Å². The van der Waals surface area contributed by atoms with Crippen molar-refractivity contribution in [3.63, 3.8) is 0 Å². The lowest BCUT2D eigenvalue weighted by Gasteiger charge is -2.08. The molecule has 0 bridgehead atoms. The van der Waals surface area contributed by atoms with E-state index in [9.17, 15) is 4.79 Å². The van der Waals surface area contributed by atoms with Gasteiger partial charge in [-0.1, -0.05) is 54.1 Å². The Morgan fingerprint density at radius 3 is 2.31 bits per heavy atom. The molecule has 0 unspecified atom stereocenters. The summed E-state index contributed by atoms with van der Waals surface area (Å²) in [6, 6.07) is 17.8. The number of halogens is 1. The zero-order chi connectivity index (χ0) is 18.5. The number of nitrogens with zero attached hydrogens (tertiary/aromatic N) is 2. The summed E-state index contributed by atoms with van der Waals surface area (Å²) in [6.45, 7) is 5.17. The normalized spacial score (nSPS) is 10.7. The SMILES string of the molecule is Cc1nn(CCCNC(=O)c2ccc(-c3ccccc3)cc2)c(C)c1Cl. The smallest absolute Gasteiger partial charge is 0.251 e. The zero-order valence-corrected chi connectivity index (χ0v) is 15.8. The monoisotopic (exact) mass is 367 g/mol. The highest BCUT2D eigenvalue weighted by Gasteiger charge is 2.09. The number of aromatic nitrogens is 2. The van der Waals surface area contributed by atoms with Gasteiger partial charge in [-0.05, 0) is 43.5 Å². The fraction of sp³-hybridized carbons (Fsp3) is 0.238. The van der Waals surface area contributed by atoms with Gasteiger partial charge < -0.3 is 5.32 Å². The summed E-state index contributed by atoms with van der Waals surface area (Å²) in [7, 11) is 0. The molecule has 0 aliphatic carbocycles. The maximum Gasteiger partial charge on any atom is 0.251 e. The summed E-state index contributed by atoms with van der Waals surface area (Å²) in [5.41, 5.74) is 4.71. The second kappa shape index (κ2) is 8.19. The molecular weight excluding hydrogens is 346 g/mol. The van der Waals surface area contributed by atoms with E-state index in [1.54, 1.807) is 0 Å². The van der Waals surface area contributed by atoms with E-state index in [0.29, 0.717) is 17.1 Å². The van der Waals surface area contributed by atoms with Gasteiger partial charge in [0.2, 0.25) is 0 Å². The van der Waals surface area contributed by atoms with Crippen molar-refractivity contribution < 1.29 is 4.79 Å². The van der Waals surface area contributed by atoms with Crippen molar-refractivity contribution in [2.75, 3.05) is 6.54 Å². The molecule has 134 valence electrons. The van der Waals surface area contributed by atoms with Crippen LogP contribution in [-0.4, -0.2) is 22.2 Å². The summed E-state index contributed by atoms with van der Waals surface area (Å²) in [6.07, 6.45) is 0.798. The molecule has 5 heteroatoms. The van der Waals surface area contributed by atoms with Crippen molar-refractivity contribution in [1.82, 2.24) is 15.1 Å². The van der Waals surface area contributed by atoms with Crippen LogP contribution in [0.5, 0.6) is 0 Å². The minimum Gasteiger partial charge on any atom is -0.352 e. The number of hydrogen-bond donors (Lipinski definition) is 1. The van der Waals surface area contributed by atoms with Crippen LogP contribution in [0.4, 0.5) is 0 Å². The summed E-state index contributed by atoms with van der Waals surface area (Å²) in [5, 5.41) is 8.07. The Morgan fingerprint density at radius 1 is 1.04 bits per heavy atom. The molecule has 1 aromatic heterocycles. The zero-order valence-electron chi connectivity index (χ0n) is 15.0. The van der Waals surface area contributed by atoms with Crippen molar-refractivity contribution >= 4 is 17.5 Å². The van der Waals surface area contributed by atoms with Crippen molar-refractivity contribution in [1.29, 1.82) is 0 Å². The topological polar surface area (TPSA) is 46.9 Å². The van der Waals surface area contributed by atoms with E-state index >= 15 is 0 Å². The Balaban J connectivity index is 1.51. The number of carbonyl (C=O) groups excluding carboxylic acids is 1. The number of amides is 1. The average molecular weight is 368 g/mol. The Kier molecular flexibility index (Phi) is 5.74. The van der Waals surface area contributed by atoms with Crippen molar-refractivity contribution in [3.8, 4) is 11.1 Å². The number of rotatable bonds is 6. The minimum absolute atomic E-state index is 0.0592. The Hall–Kier alpha value is -2.59. The average Bonchev–Trinajstić information content (AvgIpc) is 2.92. The van der Waals surface area contributed by atoms with E-state index in [2.05, 4.69) is 22.5 Å². The number of nitrogens with one attached hydrogen (secondary N) is 1. The molecule has 0 fully saturated rings. The van der Waals surface area contributed by atoms with Crippen LogP contribution in [0.25, 0.3) is 11.1 Å². The van der Waals surface area contributed by atoms with Gasteiger partial charge in [-0.15, -0.1) is 0 Å². The van der Waals surface area contributed by atoms with Gasteiger partial charge in [-0.3, -0.25) is 9.48 Å². The number of benzene rings is 2. The largest absolute Gasteiger partial charge is 0.352 e. The Bertz CT molecular complexity index is 886. The summed E-state index contributed by atoms with van der Waals surface area (Å²) < 4.78 is 1.89. The maximum atomic E-state index is 12.3. The number of hydrogen-bond acceptors (Lipinski definition) is 2. The molecule has 0 aliphatic heterocycles. The third-order valence-corrected chi connectivity index (χ3v) is 4.93. The fourth-order valence-electron chi connectivity index (χ4n) is 2.87. The highest BCUT2D eigenvalue weighted by atomic mass is 35.5. The van der Waals surface area contributed by atoms with Gasteiger partial charge in [0.05, 0.1) is 16.4 Å². The molecule has 1 amide bonds. The van der Waals surface area contributed by atoms with E-state index in [4.69, 9.17) is 11.6 Å². The predicted molar refractivity (Wildman–Crippen MR) is 106 cm³/mol. The molecule has 4 nitrogen and oxygen atoms in total. The lowest BCUT2D eigenvalue weighted by atomic mass is 10.0. The molecule has 0 spiro atoms. The molecule has 0 aliphatic rings. The fourth-order valence-corrected chi connectivity index (χ4v) is 3.01. The summed E-state index contributed by atoms with van der Waals surface area (Å²) in [4.78, 5) is 12.3. The first-order chi connectivity index (χ1) is 12.6. The lowest BCUT2D eigenvalue weighted by molar-refractivity contribution is 0.0952.